The number of carbonyl (C=O) groups is 1. The molecule has 0 N–H and O–H groups in total. The maximum atomic E-state index is 14.6. The number of hydrogen-bond acceptors (Lipinski definition) is 8. The van der Waals surface area contributed by atoms with Gasteiger partial charge in [-0.1, -0.05) is 23.8 Å². The number of Topliss-reactive ketones (excluding diaryl/α,β-unsaturated/α-hetero) is 1. The molecule has 0 amide bonds. The van der Waals surface area contributed by atoms with Crippen LogP contribution in [0.25, 0.3) is 10.8 Å². The molecule has 0 fully saturated rings. The van der Waals surface area contributed by atoms with Crippen molar-refractivity contribution < 1.29 is 51.1 Å². The van der Waals surface area contributed by atoms with E-state index >= 15 is 0 Å². The Morgan fingerprint density at radius 1 is 0.767 bits per heavy atom. The largest absolute Gasteiger partial charge is 0.493 e. The van der Waals surface area contributed by atoms with Crippen LogP contribution in [0.1, 0.15) is 22.8 Å². The molecule has 2 unspecified atom stereocenters. The highest BCUT2D eigenvalue weighted by atomic mass is 19.4. The third-order valence-corrected chi connectivity index (χ3v) is 7.59. The van der Waals surface area contributed by atoms with Crippen LogP contribution in [0.15, 0.2) is 66.3 Å². The Balaban J connectivity index is 1.98. The number of benzene rings is 3. The maximum absolute atomic E-state index is 14.6. The highest BCUT2D eigenvalue weighted by molar-refractivity contribution is 6.10. The van der Waals surface area contributed by atoms with E-state index in [4.69, 9.17) is 33.2 Å². The van der Waals surface area contributed by atoms with Crippen LogP contribution >= 0.6 is 0 Å². The minimum Gasteiger partial charge on any atom is -0.493 e. The molecule has 1 aliphatic rings. The van der Waals surface area contributed by atoms with Crippen molar-refractivity contribution in [2.24, 2.45) is 0 Å². The van der Waals surface area contributed by atoms with E-state index in [1.807, 2.05) is 0 Å². The molecule has 1 aliphatic carbocycles. The zero-order valence-electron chi connectivity index (χ0n) is 24.9. The van der Waals surface area contributed by atoms with Crippen LogP contribution in [0, 0.1) is 0 Å². The van der Waals surface area contributed by atoms with Gasteiger partial charge in [-0.15, -0.1) is 0 Å². The first-order valence-corrected chi connectivity index (χ1v) is 13.1. The number of ketones is 1. The van der Waals surface area contributed by atoms with E-state index in [-0.39, 0.29) is 11.1 Å². The summed E-state index contributed by atoms with van der Waals surface area (Å²) in [7, 11) is 8.57. The molecule has 0 saturated heterocycles. The Morgan fingerprint density at radius 2 is 1.44 bits per heavy atom. The van der Waals surface area contributed by atoms with E-state index in [9.17, 15) is 18.0 Å². The predicted octanol–water partition coefficient (Wildman–Crippen LogP) is 6.44. The first-order valence-electron chi connectivity index (χ1n) is 13.1. The molecule has 0 heterocycles. The molecule has 0 bridgehead atoms. The van der Waals surface area contributed by atoms with Crippen LogP contribution in [0.5, 0.6) is 28.7 Å². The lowest BCUT2D eigenvalue weighted by atomic mass is 9.65. The highest BCUT2D eigenvalue weighted by Crippen LogP contribution is 2.49. The summed E-state index contributed by atoms with van der Waals surface area (Å²) in [6.45, 7) is 0.843. The third kappa shape index (κ3) is 5.27. The Hall–Kier alpha value is -4.22. The quantitative estimate of drug-likeness (QED) is 0.141. The topological polar surface area (TPSA) is 81.7 Å². The smallest absolute Gasteiger partial charge is 0.424 e. The summed E-state index contributed by atoms with van der Waals surface area (Å²) < 4.78 is 80.6. The van der Waals surface area contributed by atoms with Crippen molar-refractivity contribution in [2.75, 3.05) is 49.5 Å². The molecule has 43 heavy (non-hydrogen) atoms. The summed E-state index contributed by atoms with van der Waals surface area (Å²) in [5.74, 6) is 1.38. The SMILES string of the molecule is COCOC1(C(F)(F)F)C=CC(C(=O)c2ccc3c(OC)c(OC)c(OC)cc3c2)(c2ccc(OC)c(OC)c2)C(C)=C1. The van der Waals surface area contributed by atoms with Gasteiger partial charge in [-0.25, -0.2) is 0 Å². The summed E-state index contributed by atoms with van der Waals surface area (Å²) in [6, 6.07) is 11.4. The number of alkyl halides is 3. The molecule has 3 aromatic carbocycles. The second kappa shape index (κ2) is 12.2. The van der Waals surface area contributed by atoms with E-state index in [2.05, 4.69) is 0 Å². The summed E-state index contributed by atoms with van der Waals surface area (Å²) in [6.07, 6.45) is -1.84. The van der Waals surface area contributed by atoms with Gasteiger partial charge in [-0.05, 0) is 60.4 Å². The first-order chi connectivity index (χ1) is 20.5. The Morgan fingerprint density at radius 3 is 2.00 bits per heavy atom. The normalized spacial score (nSPS) is 20.0. The molecule has 0 aliphatic heterocycles. The first kappa shape index (κ1) is 31.7. The van der Waals surface area contributed by atoms with Crippen LogP contribution in [0.3, 0.4) is 0 Å². The van der Waals surface area contributed by atoms with Gasteiger partial charge in [-0.2, -0.15) is 13.2 Å². The second-order valence-electron chi connectivity index (χ2n) is 9.79. The van der Waals surface area contributed by atoms with E-state index in [1.54, 1.807) is 42.5 Å². The van der Waals surface area contributed by atoms with E-state index < -0.39 is 29.8 Å². The minimum atomic E-state index is -4.84. The van der Waals surface area contributed by atoms with Crippen molar-refractivity contribution in [3.8, 4) is 28.7 Å². The molecule has 8 nitrogen and oxygen atoms in total. The van der Waals surface area contributed by atoms with E-state index in [1.165, 1.54) is 55.7 Å². The number of rotatable bonds is 11. The summed E-state index contributed by atoms with van der Waals surface area (Å²) in [4.78, 5) is 14.6. The van der Waals surface area contributed by atoms with Crippen molar-refractivity contribution in [2.45, 2.75) is 24.1 Å². The second-order valence-corrected chi connectivity index (χ2v) is 9.79. The van der Waals surface area contributed by atoms with Crippen LogP contribution in [-0.4, -0.2) is 67.0 Å². The fraction of sp³-hybridized carbons (Fsp3) is 0.344. The minimum absolute atomic E-state index is 0.0886. The van der Waals surface area contributed by atoms with Gasteiger partial charge in [0.1, 0.15) is 6.79 Å². The van der Waals surface area contributed by atoms with Gasteiger partial charge in [0.15, 0.2) is 28.8 Å². The molecule has 0 saturated carbocycles. The number of methoxy groups -OCH3 is 6. The number of allylic oxidation sites excluding steroid dienone is 2. The molecular formula is C32H33F3O8. The molecule has 3 aromatic rings. The molecule has 11 heteroatoms. The molecule has 4 rings (SSSR count). The van der Waals surface area contributed by atoms with Crippen molar-refractivity contribution in [3.05, 3.63) is 77.4 Å². The number of hydrogen-bond donors (Lipinski definition) is 0. The van der Waals surface area contributed by atoms with Crippen LogP contribution in [0.4, 0.5) is 13.2 Å². The van der Waals surface area contributed by atoms with Gasteiger partial charge < -0.3 is 33.2 Å². The summed E-state index contributed by atoms with van der Waals surface area (Å²) >= 11 is 0. The van der Waals surface area contributed by atoms with E-state index in [0.29, 0.717) is 45.1 Å². The lowest BCUT2D eigenvalue weighted by molar-refractivity contribution is -0.258. The molecule has 0 radical (unpaired) electrons. The van der Waals surface area contributed by atoms with Crippen LogP contribution in [-0.2, 0) is 14.9 Å². The average Bonchev–Trinajstić information content (AvgIpc) is 3.01. The summed E-state index contributed by atoms with van der Waals surface area (Å²) in [5.41, 5.74) is -3.79. The van der Waals surface area contributed by atoms with Crippen LogP contribution < -0.4 is 23.7 Å². The maximum Gasteiger partial charge on any atom is 0.424 e. The Kier molecular flexibility index (Phi) is 8.98. The molecule has 2 atom stereocenters. The Bertz CT molecular complexity index is 1580. The van der Waals surface area contributed by atoms with Gasteiger partial charge >= 0.3 is 6.18 Å². The molecule has 0 aromatic heterocycles. The molecule has 230 valence electrons. The van der Waals surface area contributed by atoms with Crippen molar-refractivity contribution in [1.29, 1.82) is 0 Å². The van der Waals surface area contributed by atoms with Crippen molar-refractivity contribution >= 4 is 16.6 Å². The fourth-order valence-electron chi connectivity index (χ4n) is 5.41. The predicted molar refractivity (Wildman–Crippen MR) is 154 cm³/mol. The van der Waals surface area contributed by atoms with Gasteiger partial charge in [0, 0.05) is 18.1 Å². The van der Waals surface area contributed by atoms with Gasteiger partial charge in [0.05, 0.1) is 41.0 Å². The summed E-state index contributed by atoms with van der Waals surface area (Å²) in [5, 5.41) is 1.24. The highest BCUT2D eigenvalue weighted by Gasteiger charge is 2.57. The van der Waals surface area contributed by atoms with Gasteiger partial charge in [-0.3, -0.25) is 4.79 Å². The number of halogens is 3. The third-order valence-electron chi connectivity index (χ3n) is 7.59. The van der Waals surface area contributed by atoms with Crippen molar-refractivity contribution in [1.82, 2.24) is 0 Å². The zero-order valence-corrected chi connectivity index (χ0v) is 24.9. The lowest BCUT2D eigenvalue weighted by Gasteiger charge is -2.40. The molecule has 0 spiro atoms. The standard InChI is InChI=1S/C32H33F3O8/c1-19-17-30(32(33,34)35,43-18-37-2)12-13-31(19,22-9-11-24(38-3)25(16-22)39-4)29(36)20-8-10-23-21(14-20)15-26(40-5)28(42-7)27(23)41-6/h8-17H,18H2,1-7H3. The fourth-order valence-corrected chi connectivity index (χ4v) is 5.41. The average molecular weight is 603 g/mol. The van der Waals surface area contributed by atoms with E-state index in [0.717, 1.165) is 12.2 Å². The van der Waals surface area contributed by atoms with Gasteiger partial charge in [0.2, 0.25) is 11.4 Å². The van der Waals surface area contributed by atoms with Gasteiger partial charge in [0.25, 0.3) is 0 Å². The number of ether oxygens (including phenoxy) is 7. The number of carbonyl (C=O) groups excluding carboxylic acids is 1. The van der Waals surface area contributed by atoms with Crippen molar-refractivity contribution in [3.63, 3.8) is 0 Å². The van der Waals surface area contributed by atoms with Crippen LogP contribution in [0.2, 0.25) is 0 Å². The number of fused-ring (bicyclic) bond motifs is 1. The lowest BCUT2D eigenvalue weighted by Crippen LogP contribution is -2.49. The zero-order chi connectivity index (χ0) is 31.6. The Labute approximate surface area is 247 Å². The monoisotopic (exact) mass is 602 g/mol. The molecular weight excluding hydrogens is 569 g/mol.